The van der Waals surface area contributed by atoms with E-state index in [1.54, 1.807) is 0 Å². The lowest BCUT2D eigenvalue weighted by molar-refractivity contribution is 0.565. The fourth-order valence-corrected chi connectivity index (χ4v) is 5.44. The Hall–Kier alpha value is -2.96. The van der Waals surface area contributed by atoms with Crippen molar-refractivity contribution in [3.05, 3.63) is 112 Å². The lowest BCUT2D eigenvalue weighted by Crippen LogP contribution is -2.29. The Labute approximate surface area is 202 Å². The molecule has 0 saturated carbocycles. The average molecular weight is 503 g/mol. The molecular formula is C26H23BrN4S. The number of nitrogens with zero attached hydrogens (tertiary/aromatic N) is 3. The Morgan fingerprint density at radius 3 is 2.38 bits per heavy atom. The Bertz CT molecular complexity index is 1270. The molecule has 2 aromatic carbocycles. The zero-order valence-electron chi connectivity index (χ0n) is 17.9. The number of anilines is 1. The fraction of sp³-hybridized carbons (Fsp3) is 0.154. The monoisotopic (exact) mass is 502 g/mol. The molecule has 1 aliphatic rings. The van der Waals surface area contributed by atoms with E-state index in [9.17, 15) is 0 Å². The van der Waals surface area contributed by atoms with Crippen LogP contribution < -0.4 is 10.2 Å². The molecule has 0 radical (unpaired) electrons. The highest BCUT2D eigenvalue weighted by Gasteiger charge is 2.42. The summed E-state index contributed by atoms with van der Waals surface area (Å²) in [5.41, 5.74) is 6.76. The maximum Gasteiger partial charge on any atom is 0.174 e. The molecule has 160 valence electrons. The zero-order valence-corrected chi connectivity index (χ0v) is 20.3. The summed E-state index contributed by atoms with van der Waals surface area (Å²) < 4.78 is 3.37. The Morgan fingerprint density at radius 2 is 1.66 bits per heavy atom. The van der Waals surface area contributed by atoms with Gasteiger partial charge in [0.05, 0.1) is 23.5 Å². The molecule has 2 atom stereocenters. The Balaban J connectivity index is 1.70. The molecule has 0 spiro atoms. The zero-order chi connectivity index (χ0) is 22.2. The highest BCUT2D eigenvalue weighted by molar-refractivity contribution is 9.10. The van der Waals surface area contributed by atoms with Crippen molar-refractivity contribution in [3.63, 3.8) is 0 Å². The van der Waals surface area contributed by atoms with Crippen LogP contribution in [0.5, 0.6) is 0 Å². The molecule has 5 rings (SSSR count). The van der Waals surface area contributed by atoms with Crippen molar-refractivity contribution in [2.24, 2.45) is 0 Å². The predicted octanol–water partition coefficient (Wildman–Crippen LogP) is 6.43. The van der Waals surface area contributed by atoms with Gasteiger partial charge in [-0.15, -0.1) is 0 Å². The number of para-hydroxylation sites is 2. The van der Waals surface area contributed by atoms with Crippen LogP contribution in [0, 0.1) is 13.8 Å². The molecule has 0 amide bonds. The summed E-state index contributed by atoms with van der Waals surface area (Å²) >= 11 is 9.57. The first-order chi connectivity index (χ1) is 15.6. The first kappa shape index (κ1) is 20.9. The maximum atomic E-state index is 5.85. The van der Waals surface area contributed by atoms with E-state index in [1.807, 2.05) is 42.6 Å². The molecule has 32 heavy (non-hydrogen) atoms. The van der Waals surface area contributed by atoms with Crippen molar-refractivity contribution in [3.8, 4) is 5.69 Å². The number of benzene rings is 2. The normalized spacial score (nSPS) is 18.1. The second-order valence-electron chi connectivity index (χ2n) is 7.95. The number of thiocarbonyl (C=S) groups is 1. The molecule has 6 heteroatoms. The minimum Gasteiger partial charge on any atom is -0.351 e. The number of aryl methyl sites for hydroxylation is 1. The van der Waals surface area contributed by atoms with Gasteiger partial charge in [0.1, 0.15) is 0 Å². The first-order valence-electron chi connectivity index (χ1n) is 10.6. The fourth-order valence-electron chi connectivity index (χ4n) is 4.63. The van der Waals surface area contributed by atoms with Crippen LogP contribution in [0.25, 0.3) is 5.69 Å². The van der Waals surface area contributed by atoms with E-state index in [2.05, 4.69) is 92.0 Å². The quantitative estimate of drug-likeness (QED) is 0.326. The minimum atomic E-state index is -0.0583. The van der Waals surface area contributed by atoms with E-state index in [0.29, 0.717) is 5.11 Å². The van der Waals surface area contributed by atoms with Gasteiger partial charge in [0.25, 0.3) is 0 Å². The van der Waals surface area contributed by atoms with Gasteiger partial charge in [-0.1, -0.05) is 36.4 Å². The summed E-state index contributed by atoms with van der Waals surface area (Å²) in [4.78, 5) is 6.89. The van der Waals surface area contributed by atoms with Gasteiger partial charge in [0.15, 0.2) is 5.11 Å². The van der Waals surface area contributed by atoms with Gasteiger partial charge in [-0.3, -0.25) is 4.98 Å². The van der Waals surface area contributed by atoms with Gasteiger partial charge >= 0.3 is 0 Å². The second kappa shape index (κ2) is 8.52. The van der Waals surface area contributed by atoms with Crippen LogP contribution in [0.4, 0.5) is 5.69 Å². The number of aromatic nitrogens is 2. The van der Waals surface area contributed by atoms with Crippen LogP contribution in [0.1, 0.15) is 34.7 Å². The summed E-state index contributed by atoms with van der Waals surface area (Å²) in [5.74, 6) is 0. The van der Waals surface area contributed by atoms with Gasteiger partial charge in [0.2, 0.25) is 0 Å². The molecule has 3 heterocycles. The van der Waals surface area contributed by atoms with Gasteiger partial charge in [-0.2, -0.15) is 0 Å². The van der Waals surface area contributed by atoms with Gasteiger partial charge in [0, 0.05) is 27.7 Å². The van der Waals surface area contributed by atoms with Crippen LogP contribution >= 0.6 is 28.1 Å². The van der Waals surface area contributed by atoms with Crippen molar-refractivity contribution >= 4 is 38.9 Å². The van der Waals surface area contributed by atoms with E-state index in [1.165, 1.54) is 17.0 Å². The smallest absolute Gasteiger partial charge is 0.174 e. The highest BCUT2D eigenvalue weighted by atomic mass is 79.9. The van der Waals surface area contributed by atoms with E-state index in [4.69, 9.17) is 12.2 Å². The molecule has 1 fully saturated rings. The van der Waals surface area contributed by atoms with Crippen LogP contribution in [0.2, 0.25) is 0 Å². The third kappa shape index (κ3) is 3.53. The number of nitrogens with one attached hydrogen (secondary N) is 1. The topological polar surface area (TPSA) is 33.1 Å². The number of hydrogen-bond acceptors (Lipinski definition) is 2. The van der Waals surface area contributed by atoms with Gasteiger partial charge < -0.3 is 14.8 Å². The van der Waals surface area contributed by atoms with E-state index in [0.717, 1.165) is 21.5 Å². The van der Waals surface area contributed by atoms with Crippen LogP contribution in [0.15, 0.2) is 89.5 Å². The molecule has 2 aromatic heterocycles. The Kier molecular flexibility index (Phi) is 5.57. The number of halogens is 1. The lowest BCUT2D eigenvalue weighted by atomic mass is 9.96. The van der Waals surface area contributed by atoms with Gasteiger partial charge in [-0.25, -0.2) is 0 Å². The molecule has 0 bridgehead atoms. The highest BCUT2D eigenvalue weighted by Crippen LogP contribution is 2.43. The second-order valence-corrected chi connectivity index (χ2v) is 9.19. The van der Waals surface area contributed by atoms with Crippen molar-refractivity contribution in [1.82, 2.24) is 14.9 Å². The van der Waals surface area contributed by atoms with Crippen LogP contribution in [-0.4, -0.2) is 14.7 Å². The molecule has 1 aliphatic heterocycles. The largest absolute Gasteiger partial charge is 0.351 e. The SMILES string of the molecule is Cc1cc(C2C(c3ccccn3)NC(=S)N2c2ccccc2)c(C)n1-c1ccccc1Br. The molecule has 4 nitrogen and oxygen atoms in total. The lowest BCUT2D eigenvalue weighted by Gasteiger charge is -2.28. The number of pyridine rings is 1. The first-order valence-corrected chi connectivity index (χ1v) is 11.8. The molecule has 0 aliphatic carbocycles. The molecular weight excluding hydrogens is 480 g/mol. The standard InChI is InChI=1S/C26H23BrN4S/c1-17-16-20(18(2)30(17)23-14-7-6-12-21(23)27)25-24(22-13-8-9-15-28-22)29-26(32)31(25)19-10-4-3-5-11-19/h3-16,24-25H,1-2H3,(H,29,32). The van der Waals surface area contributed by atoms with E-state index < -0.39 is 0 Å². The molecule has 2 unspecified atom stereocenters. The number of hydrogen-bond donors (Lipinski definition) is 1. The molecule has 4 aromatic rings. The maximum absolute atomic E-state index is 5.85. The third-order valence-electron chi connectivity index (χ3n) is 6.01. The summed E-state index contributed by atoms with van der Waals surface area (Å²) in [5, 5.41) is 4.26. The molecule has 1 N–H and O–H groups in total. The summed E-state index contributed by atoms with van der Waals surface area (Å²) in [6.45, 7) is 4.33. The van der Waals surface area contributed by atoms with E-state index >= 15 is 0 Å². The minimum absolute atomic E-state index is 0.0257. The predicted molar refractivity (Wildman–Crippen MR) is 137 cm³/mol. The van der Waals surface area contributed by atoms with Crippen molar-refractivity contribution in [2.45, 2.75) is 25.9 Å². The van der Waals surface area contributed by atoms with Crippen molar-refractivity contribution in [2.75, 3.05) is 4.90 Å². The van der Waals surface area contributed by atoms with Crippen LogP contribution in [0.3, 0.4) is 0 Å². The van der Waals surface area contributed by atoms with E-state index in [-0.39, 0.29) is 12.1 Å². The third-order valence-corrected chi connectivity index (χ3v) is 7.00. The summed E-state index contributed by atoms with van der Waals surface area (Å²) in [6, 6.07) is 26.9. The van der Waals surface area contributed by atoms with Crippen molar-refractivity contribution in [1.29, 1.82) is 0 Å². The summed E-state index contributed by atoms with van der Waals surface area (Å²) in [7, 11) is 0. The summed E-state index contributed by atoms with van der Waals surface area (Å²) in [6.07, 6.45) is 1.84. The van der Waals surface area contributed by atoms with Gasteiger partial charge in [-0.05, 0) is 90.0 Å². The average Bonchev–Trinajstić information content (AvgIpc) is 3.31. The molecule has 1 saturated heterocycles. The number of rotatable bonds is 4. The Morgan fingerprint density at radius 1 is 0.938 bits per heavy atom. The van der Waals surface area contributed by atoms with Crippen LogP contribution in [-0.2, 0) is 0 Å². The van der Waals surface area contributed by atoms with Crippen molar-refractivity contribution < 1.29 is 0 Å².